The van der Waals surface area contributed by atoms with Crippen LogP contribution in [0.2, 0.25) is 0 Å². The van der Waals surface area contributed by atoms with Gasteiger partial charge in [-0.25, -0.2) is 4.79 Å². The molecule has 5 heteroatoms. The molecule has 4 rings (SSSR count). The van der Waals surface area contributed by atoms with Crippen molar-refractivity contribution in [3.63, 3.8) is 0 Å². The Hall–Kier alpha value is -2.97. The normalized spacial score (nSPS) is 16.3. The number of benzene rings is 2. The molecule has 0 atom stereocenters. The lowest BCUT2D eigenvalue weighted by atomic mass is 9.88. The van der Waals surface area contributed by atoms with E-state index in [4.69, 9.17) is 4.74 Å². The number of methoxy groups -OCH3 is 1. The van der Waals surface area contributed by atoms with Gasteiger partial charge in [0.2, 0.25) is 0 Å². The van der Waals surface area contributed by atoms with Crippen molar-refractivity contribution in [2.45, 2.75) is 32.1 Å². The number of hydrogen-bond acceptors (Lipinski definition) is 4. The molecule has 0 unspecified atom stereocenters. The number of nitriles is 1. The van der Waals surface area contributed by atoms with Crippen LogP contribution in [0.1, 0.15) is 57.4 Å². The second-order valence-corrected chi connectivity index (χ2v) is 8.74. The third kappa shape index (κ3) is 4.76. The molecule has 1 fully saturated rings. The molecule has 1 heterocycles. The minimum Gasteiger partial charge on any atom is -0.465 e. The highest BCUT2D eigenvalue weighted by Crippen LogP contribution is 2.33. The molecule has 1 aliphatic carbocycles. The lowest BCUT2D eigenvalue weighted by Crippen LogP contribution is -2.47. The van der Waals surface area contributed by atoms with E-state index in [1.54, 1.807) is 0 Å². The number of fused-ring (bicyclic) bond motifs is 1. The molecule has 0 bridgehead atoms. The monoisotopic (exact) mass is 432 g/mol. The minimum absolute atomic E-state index is 0.235. The highest BCUT2D eigenvalue weighted by Gasteiger charge is 2.26. The number of esters is 1. The van der Waals surface area contributed by atoms with Gasteiger partial charge in [-0.2, -0.15) is 5.26 Å². The Morgan fingerprint density at radius 2 is 2.03 bits per heavy atom. The van der Waals surface area contributed by atoms with Crippen LogP contribution in [0.15, 0.2) is 42.5 Å². The van der Waals surface area contributed by atoms with Gasteiger partial charge < -0.3 is 9.64 Å². The Bertz CT molecular complexity index is 1050. The van der Waals surface area contributed by atoms with E-state index in [0.29, 0.717) is 23.5 Å². The van der Waals surface area contributed by atoms with Crippen molar-refractivity contribution >= 4 is 11.5 Å². The van der Waals surface area contributed by atoms with Crippen molar-refractivity contribution < 1.29 is 13.9 Å². The summed E-state index contributed by atoms with van der Waals surface area (Å²) in [5.41, 5.74) is 6.37. The lowest BCUT2D eigenvalue weighted by molar-refractivity contribution is 0.0600. The first-order valence-corrected chi connectivity index (χ1v) is 11.4. The number of carbonyl (C=O) groups is 1. The summed E-state index contributed by atoms with van der Waals surface area (Å²) in [6.07, 6.45) is 6.74. The maximum atomic E-state index is 12.3. The molecule has 2 aromatic carbocycles. The zero-order valence-corrected chi connectivity index (χ0v) is 18.6. The van der Waals surface area contributed by atoms with Gasteiger partial charge in [-0.05, 0) is 78.0 Å². The summed E-state index contributed by atoms with van der Waals surface area (Å²) in [6.45, 7) is 2.74. The molecule has 0 spiro atoms. The van der Waals surface area contributed by atoms with Gasteiger partial charge in [0.05, 0.1) is 24.9 Å². The molecule has 1 saturated heterocycles. The minimum atomic E-state index is -0.470. The average Bonchev–Trinajstić information content (AvgIpc) is 3.01. The highest BCUT2D eigenvalue weighted by atomic mass is 19.1. The van der Waals surface area contributed by atoms with Crippen LogP contribution in [0, 0.1) is 17.2 Å². The second kappa shape index (κ2) is 10.1. The number of halogens is 1. The molecule has 2 aromatic rings. The van der Waals surface area contributed by atoms with Crippen LogP contribution in [-0.2, 0) is 17.6 Å². The van der Waals surface area contributed by atoms with Gasteiger partial charge in [0.15, 0.2) is 0 Å². The summed E-state index contributed by atoms with van der Waals surface area (Å²) >= 11 is 0. The molecule has 166 valence electrons. The number of nitrogens with zero attached hydrogens (tertiary/aromatic N) is 2. The van der Waals surface area contributed by atoms with Crippen LogP contribution in [0.3, 0.4) is 0 Å². The number of ether oxygens (including phenoxy) is 1. The quantitative estimate of drug-likeness (QED) is 0.581. The first kappa shape index (κ1) is 22.2. The summed E-state index contributed by atoms with van der Waals surface area (Å²) < 4.78 is 17.2. The maximum Gasteiger partial charge on any atom is 0.339 e. The number of carbonyl (C=O) groups excluding carboxylic acids is 1. The van der Waals surface area contributed by atoms with Crippen molar-refractivity contribution in [2.24, 2.45) is 5.92 Å². The van der Waals surface area contributed by atoms with Crippen LogP contribution >= 0.6 is 0 Å². The predicted octanol–water partition coefficient (Wildman–Crippen LogP) is 4.95. The molecule has 32 heavy (non-hydrogen) atoms. The van der Waals surface area contributed by atoms with E-state index in [1.807, 2.05) is 12.1 Å². The number of likely N-dealkylation sites (tertiary alicyclic amines) is 1. The maximum absolute atomic E-state index is 12.3. The molecule has 4 nitrogen and oxygen atoms in total. The van der Waals surface area contributed by atoms with Crippen molar-refractivity contribution in [1.82, 2.24) is 4.90 Å². The SMILES string of the molecule is COC(=O)c1cc2c(cc1C#N)C(c1ccc(CC3CN(CCCF)C3)cc1)=CCCC2. The van der Waals surface area contributed by atoms with Crippen molar-refractivity contribution in [1.29, 1.82) is 5.26 Å². The molecule has 0 amide bonds. The zero-order chi connectivity index (χ0) is 22.5. The number of alkyl halides is 1. The number of aryl methyl sites for hydroxylation is 1. The largest absolute Gasteiger partial charge is 0.465 e. The van der Waals surface area contributed by atoms with E-state index in [0.717, 1.165) is 67.6 Å². The van der Waals surface area contributed by atoms with Crippen molar-refractivity contribution in [2.75, 3.05) is 33.4 Å². The number of hydrogen-bond donors (Lipinski definition) is 0. The van der Waals surface area contributed by atoms with E-state index in [1.165, 1.54) is 12.7 Å². The molecule has 1 aliphatic heterocycles. The Morgan fingerprint density at radius 1 is 1.25 bits per heavy atom. The van der Waals surface area contributed by atoms with Crippen LogP contribution in [0.25, 0.3) is 5.57 Å². The van der Waals surface area contributed by atoms with Gasteiger partial charge in [0, 0.05) is 19.6 Å². The van der Waals surface area contributed by atoms with E-state index >= 15 is 0 Å². The second-order valence-electron chi connectivity index (χ2n) is 8.74. The molecule has 2 aliphatic rings. The molecule has 0 saturated carbocycles. The number of rotatable bonds is 7. The zero-order valence-electron chi connectivity index (χ0n) is 18.6. The lowest BCUT2D eigenvalue weighted by Gasteiger charge is -2.39. The Balaban J connectivity index is 1.53. The third-order valence-corrected chi connectivity index (χ3v) is 6.49. The standard InChI is InChI=1S/C27H29FN2O2/c1-32-27(31)26-14-22-5-2-3-6-24(25(22)15-23(26)16-29)21-9-7-19(8-10-21)13-20-17-30(18-20)12-4-11-28/h6-10,14-15,20H,2-5,11-13,17-18H2,1H3. The highest BCUT2D eigenvalue weighted by molar-refractivity contribution is 5.94. The first-order chi connectivity index (χ1) is 15.6. The van der Waals surface area contributed by atoms with E-state index in [-0.39, 0.29) is 6.67 Å². The smallest absolute Gasteiger partial charge is 0.339 e. The van der Waals surface area contributed by atoms with Crippen LogP contribution in [0.4, 0.5) is 4.39 Å². The number of allylic oxidation sites excluding steroid dienone is 1. The average molecular weight is 433 g/mol. The van der Waals surface area contributed by atoms with Gasteiger partial charge >= 0.3 is 5.97 Å². The third-order valence-electron chi connectivity index (χ3n) is 6.49. The van der Waals surface area contributed by atoms with E-state index < -0.39 is 5.97 Å². The van der Waals surface area contributed by atoms with Gasteiger partial charge in [-0.1, -0.05) is 30.3 Å². The van der Waals surface area contributed by atoms with Gasteiger partial charge in [0.1, 0.15) is 6.07 Å². The molecular weight excluding hydrogens is 403 g/mol. The van der Waals surface area contributed by atoms with Gasteiger partial charge in [0.25, 0.3) is 0 Å². The van der Waals surface area contributed by atoms with Crippen molar-refractivity contribution in [3.05, 3.63) is 75.9 Å². The Kier molecular flexibility index (Phi) is 7.02. The summed E-state index contributed by atoms with van der Waals surface area (Å²) in [4.78, 5) is 14.5. The van der Waals surface area contributed by atoms with Crippen LogP contribution in [-0.4, -0.2) is 44.3 Å². The molecule has 0 radical (unpaired) electrons. The molecular formula is C27H29FN2O2. The molecule has 0 N–H and O–H groups in total. The van der Waals surface area contributed by atoms with E-state index in [2.05, 4.69) is 41.3 Å². The fraction of sp³-hybridized carbons (Fsp3) is 0.407. The van der Waals surface area contributed by atoms with Crippen molar-refractivity contribution in [3.8, 4) is 6.07 Å². The van der Waals surface area contributed by atoms with Gasteiger partial charge in [-0.3, -0.25) is 4.39 Å². The first-order valence-electron chi connectivity index (χ1n) is 11.4. The summed E-state index contributed by atoms with van der Waals surface area (Å²) in [5.74, 6) is 0.177. The topological polar surface area (TPSA) is 53.3 Å². The molecule has 0 aromatic heterocycles. The van der Waals surface area contributed by atoms with Crippen LogP contribution in [0.5, 0.6) is 0 Å². The van der Waals surface area contributed by atoms with Gasteiger partial charge in [-0.15, -0.1) is 0 Å². The van der Waals surface area contributed by atoms with Crippen LogP contribution < -0.4 is 0 Å². The Morgan fingerprint density at radius 3 is 2.72 bits per heavy atom. The Labute approximate surface area is 189 Å². The fourth-order valence-electron chi connectivity index (χ4n) is 4.82. The summed E-state index contributed by atoms with van der Waals surface area (Å²) in [7, 11) is 1.34. The van der Waals surface area contributed by atoms with E-state index in [9.17, 15) is 14.4 Å². The fourth-order valence-corrected chi connectivity index (χ4v) is 4.82. The summed E-state index contributed by atoms with van der Waals surface area (Å²) in [6, 6.07) is 14.5. The summed E-state index contributed by atoms with van der Waals surface area (Å²) in [5, 5.41) is 9.61. The predicted molar refractivity (Wildman–Crippen MR) is 123 cm³/mol.